The van der Waals surface area contributed by atoms with E-state index in [1.807, 2.05) is 0 Å². The lowest BCUT2D eigenvalue weighted by Crippen LogP contribution is -2.55. The second-order valence-corrected chi connectivity index (χ2v) is 6.76. The molecule has 0 unspecified atom stereocenters. The van der Waals surface area contributed by atoms with Gasteiger partial charge in [-0.15, -0.1) is 0 Å². The second-order valence-electron chi connectivity index (χ2n) is 6.76. The van der Waals surface area contributed by atoms with Crippen LogP contribution in [-0.4, -0.2) is 12.1 Å². The summed E-state index contributed by atoms with van der Waals surface area (Å²) < 4.78 is 0. The zero-order chi connectivity index (χ0) is 10.9. The molecule has 3 rings (SSSR count). The van der Waals surface area contributed by atoms with Crippen LogP contribution in [0.2, 0.25) is 0 Å². The van der Waals surface area contributed by atoms with Crippen LogP contribution in [0.15, 0.2) is 0 Å². The molecular formula is C15H27N. The van der Waals surface area contributed by atoms with Gasteiger partial charge in [0.25, 0.3) is 0 Å². The van der Waals surface area contributed by atoms with E-state index in [0.29, 0.717) is 5.54 Å². The van der Waals surface area contributed by atoms with Crippen LogP contribution >= 0.6 is 0 Å². The van der Waals surface area contributed by atoms with Gasteiger partial charge in [-0.25, -0.2) is 0 Å². The highest BCUT2D eigenvalue weighted by molar-refractivity contribution is 5.01. The highest BCUT2D eigenvalue weighted by atomic mass is 15.0. The highest BCUT2D eigenvalue weighted by Crippen LogP contribution is 2.50. The maximum Gasteiger partial charge on any atom is 0.0186 e. The van der Waals surface area contributed by atoms with Gasteiger partial charge >= 0.3 is 0 Å². The lowest BCUT2D eigenvalue weighted by atomic mass is 9.60. The van der Waals surface area contributed by atoms with Gasteiger partial charge in [0.15, 0.2) is 0 Å². The van der Waals surface area contributed by atoms with Crippen LogP contribution in [0.4, 0.5) is 0 Å². The minimum atomic E-state index is 0.577. The van der Waals surface area contributed by atoms with Gasteiger partial charge in [0.05, 0.1) is 0 Å². The van der Waals surface area contributed by atoms with Crippen LogP contribution in [0.3, 0.4) is 0 Å². The van der Waals surface area contributed by atoms with Crippen molar-refractivity contribution in [1.29, 1.82) is 0 Å². The van der Waals surface area contributed by atoms with Gasteiger partial charge in [-0.3, -0.25) is 0 Å². The molecule has 0 amide bonds. The maximum atomic E-state index is 3.91. The molecule has 0 radical (unpaired) electrons. The molecule has 0 atom stereocenters. The molecule has 1 N–H and O–H groups in total. The Hall–Kier alpha value is -0.0400. The molecule has 1 heteroatoms. The van der Waals surface area contributed by atoms with Crippen molar-refractivity contribution >= 4 is 0 Å². The number of piperidine rings is 1. The minimum Gasteiger partial charge on any atom is -0.311 e. The van der Waals surface area contributed by atoms with Crippen LogP contribution < -0.4 is 5.32 Å². The predicted octanol–water partition coefficient (Wildman–Crippen LogP) is 4.02. The Kier molecular flexibility index (Phi) is 2.99. The molecular weight excluding hydrogens is 194 g/mol. The summed E-state index contributed by atoms with van der Waals surface area (Å²) in [7, 11) is 0. The molecule has 0 bridgehead atoms. The number of rotatable bonds is 0. The van der Waals surface area contributed by atoms with Gasteiger partial charge in [-0.1, -0.05) is 38.5 Å². The zero-order valence-corrected chi connectivity index (χ0v) is 10.7. The Labute approximate surface area is 100 Å². The van der Waals surface area contributed by atoms with E-state index in [0.717, 1.165) is 5.41 Å². The molecule has 2 spiro atoms. The fraction of sp³-hybridized carbons (Fsp3) is 1.00. The number of nitrogens with one attached hydrogen (secondary N) is 1. The molecule has 0 aromatic carbocycles. The molecule has 2 saturated carbocycles. The minimum absolute atomic E-state index is 0.577. The number of hydrogen-bond donors (Lipinski definition) is 1. The topological polar surface area (TPSA) is 12.0 Å². The van der Waals surface area contributed by atoms with Gasteiger partial charge in [0.2, 0.25) is 0 Å². The summed E-state index contributed by atoms with van der Waals surface area (Å²) in [5.41, 5.74) is 1.34. The molecule has 1 saturated heterocycles. The van der Waals surface area contributed by atoms with E-state index in [2.05, 4.69) is 5.32 Å². The molecule has 0 aromatic heterocycles. The van der Waals surface area contributed by atoms with Gasteiger partial charge in [-0.05, 0) is 50.5 Å². The van der Waals surface area contributed by atoms with E-state index in [1.165, 1.54) is 83.6 Å². The van der Waals surface area contributed by atoms with Gasteiger partial charge < -0.3 is 5.32 Å². The standard InChI is InChI=1S/C15H27N/c1-3-7-14(8-4-1)11-12-16-15(13-14)9-5-2-6-10-15/h16H,1-13H2. The van der Waals surface area contributed by atoms with E-state index in [4.69, 9.17) is 0 Å². The van der Waals surface area contributed by atoms with E-state index >= 15 is 0 Å². The first kappa shape index (κ1) is 11.1. The second kappa shape index (κ2) is 4.33. The molecule has 3 fully saturated rings. The largest absolute Gasteiger partial charge is 0.311 e. The van der Waals surface area contributed by atoms with Crippen molar-refractivity contribution in [1.82, 2.24) is 5.32 Å². The lowest BCUT2D eigenvalue weighted by molar-refractivity contribution is 0.0407. The van der Waals surface area contributed by atoms with E-state index < -0.39 is 0 Å². The Morgan fingerprint density at radius 2 is 1.25 bits per heavy atom. The van der Waals surface area contributed by atoms with Crippen molar-refractivity contribution in [3.8, 4) is 0 Å². The Balaban J connectivity index is 1.72. The monoisotopic (exact) mass is 221 g/mol. The maximum absolute atomic E-state index is 3.91. The first-order valence-electron chi connectivity index (χ1n) is 7.58. The number of hydrogen-bond acceptors (Lipinski definition) is 1. The third-order valence-electron chi connectivity index (χ3n) is 5.59. The Morgan fingerprint density at radius 1 is 0.625 bits per heavy atom. The normalized spacial score (nSPS) is 33.0. The Morgan fingerprint density at radius 3 is 1.94 bits per heavy atom. The molecule has 92 valence electrons. The molecule has 1 aliphatic heterocycles. The van der Waals surface area contributed by atoms with E-state index in [9.17, 15) is 0 Å². The van der Waals surface area contributed by atoms with Gasteiger partial charge in [0.1, 0.15) is 0 Å². The van der Waals surface area contributed by atoms with Crippen molar-refractivity contribution in [2.75, 3.05) is 6.54 Å². The summed E-state index contributed by atoms with van der Waals surface area (Å²) in [6.45, 7) is 1.31. The molecule has 1 heterocycles. The quantitative estimate of drug-likeness (QED) is 0.651. The van der Waals surface area contributed by atoms with Crippen LogP contribution in [0.5, 0.6) is 0 Å². The average molecular weight is 221 g/mol. The molecule has 1 nitrogen and oxygen atoms in total. The fourth-order valence-electron chi connectivity index (χ4n) is 4.77. The van der Waals surface area contributed by atoms with Crippen LogP contribution in [0.1, 0.15) is 77.0 Å². The Bertz CT molecular complexity index is 199. The smallest absolute Gasteiger partial charge is 0.0186 e. The van der Waals surface area contributed by atoms with Crippen molar-refractivity contribution in [2.24, 2.45) is 5.41 Å². The average Bonchev–Trinajstić information content (AvgIpc) is 2.31. The summed E-state index contributed by atoms with van der Waals surface area (Å²) in [6.07, 6.45) is 17.9. The van der Waals surface area contributed by atoms with E-state index in [-0.39, 0.29) is 0 Å². The summed E-state index contributed by atoms with van der Waals surface area (Å²) in [4.78, 5) is 0. The summed E-state index contributed by atoms with van der Waals surface area (Å²) in [5, 5.41) is 3.91. The first-order valence-corrected chi connectivity index (χ1v) is 7.58. The summed E-state index contributed by atoms with van der Waals surface area (Å²) in [6, 6.07) is 0. The first-order chi connectivity index (χ1) is 7.83. The fourth-order valence-corrected chi connectivity index (χ4v) is 4.77. The summed E-state index contributed by atoms with van der Waals surface area (Å²) >= 11 is 0. The highest BCUT2D eigenvalue weighted by Gasteiger charge is 2.44. The van der Waals surface area contributed by atoms with Crippen molar-refractivity contribution < 1.29 is 0 Å². The van der Waals surface area contributed by atoms with Crippen LogP contribution in [-0.2, 0) is 0 Å². The van der Waals surface area contributed by atoms with Gasteiger partial charge in [0, 0.05) is 5.54 Å². The van der Waals surface area contributed by atoms with Crippen molar-refractivity contribution in [3.63, 3.8) is 0 Å². The third-order valence-corrected chi connectivity index (χ3v) is 5.59. The predicted molar refractivity (Wildman–Crippen MR) is 68.6 cm³/mol. The van der Waals surface area contributed by atoms with Crippen LogP contribution in [0, 0.1) is 5.41 Å². The SMILES string of the molecule is C1CCC2(CC1)CCNC1(CCCCC1)C2. The van der Waals surface area contributed by atoms with E-state index in [1.54, 1.807) is 0 Å². The lowest BCUT2D eigenvalue weighted by Gasteiger charge is -2.52. The zero-order valence-electron chi connectivity index (χ0n) is 10.7. The molecule has 3 aliphatic rings. The third kappa shape index (κ3) is 2.03. The molecule has 2 aliphatic carbocycles. The van der Waals surface area contributed by atoms with Crippen molar-refractivity contribution in [3.05, 3.63) is 0 Å². The summed E-state index contributed by atoms with van der Waals surface area (Å²) in [5.74, 6) is 0. The van der Waals surface area contributed by atoms with Crippen molar-refractivity contribution in [2.45, 2.75) is 82.6 Å². The molecule has 16 heavy (non-hydrogen) atoms. The van der Waals surface area contributed by atoms with Crippen LogP contribution in [0.25, 0.3) is 0 Å². The molecule has 0 aromatic rings. The van der Waals surface area contributed by atoms with Gasteiger partial charge in [-0.2, -0.15) is 0 Å².